The number of benzene rings is 2. The third-order valence-electron chi connectivity index (χ3n) is 3.11. The fourth-order valence-electron chi connectivity index (χ4n) is 1.97. The van der Waals surface area contributed by atoms with E-state index >= 15 is 0 Å². The molecule has 1 N–H and O–H groups in total. The predicted octanol–water partition coefficient (Wildman–Crippen LogP) is 2.69. The molecular weight excluding hydrogens is 302 g/mol. The van der Waals surface area contributed by atoms with Gasteiger partial charge in [-0.1, -0.05) is 23.4 Å². The van der Waals surface area contributed by atoms with Crippen LogP contribution in [0.1, 0.15) is 5.56 Å². The summed E-state index contributed by atoms with van der Waals surface area (Å²) in [5.74, 6) is 1.20. The molecule has 0 saturated heterocycles. The molecule has 0 radical (unpaired) electrons. The zero-order valence-corrected chi connectivity index (χ0v) is 13.2. The van der Waals surface area contributed by atoms with Crippen LogP contribution in [0.15, 0.2) is 58.6 Å². The molecule has 0 aliphatic heterocycles. The molecule has 6 heteroatoms. The zero-order chi connectivity index (χ0) is 15.9. The largest absolute Gasteiger partial charge is 0.493 e. The number of nitrogens with zero attached hydrogens (tertiary/aromatic N) is 1. The fraction of sp³-hybridized carbons (Fsp3) is 0.188. The average Bonchev–Trinajstić information content (AvgIpc) is 2.59. The van der Waals surface area contributed by atoms with Gasteiger partial charge in [0, 0.05) is 10.5 Å². The standard InChI is InChI=1S/C16H17NO4S/c1-20-15-9-8-12(10-16(15)21-2)14(17-18)11-22(19)13-6-4-3-5-7-13/h3-10,18H,11H2,1-2H3/b17-14-. The Balaban J connectivity index is 2.24. The lowest BCUT2D eigenvalue weighted by Gasteiger charge is -2.10. The van der Waals surface area contributed by atoms with E-state index in [1.54, 1.807) is 37.4 Å². The van der Waals surface area contributed by atoms with Gasteiger partial charge in [0.1, 0.15) is 0 Å². The first-order valence-electron chi connectivity index (χ1n) is 6.56. The summed E-state index contributed by atoms with van der Waals surface area (Å²) in [5, 5.41) is 12.5. The SMILES string of the molecule is COc1ccc(/C(CS(=O)c2ccccc2)=N\O)cc1OC. The lowest BCUT2D eigenvalue weighted by molar-refractivity contribution is 0.319. The second-order valence-electron chi connectivity index (χ2n) is 4.42. The maximum Gasteiger partial charge on any atom is 0.161 e. The molecule has 0 saturated carbocycles. The van der Waals surface area contributed by atoms with Gasteiger partial charge >= 0.3 is 0 Å². The molecule has 0 aliphatic rings. The van der Waals surface area contributed by atoms with Gasteiger partial charge in [0.05, 0.1) is 36.5 Å². The van der Waals surface area contributed by atoms with Gasteiger partial charge in [0.15, 0.2) is 11.5 Å². The summed E-state index contributed by atoms with van der Waals surface area (Å²) >= 11 is 0. The van der Waals surface area contributed by atoms with E-state index < -0.39 is 10.8 Å². The van der Waals surface area contributed by atoms with Crippen LogP contribution in [0.25, 0.3) is 0 Å². The van der Waals surface area contributed by atoms with Gasteiger partial charge in [-0.15, -0.1) is 0 Å². The second kappa shape index (κ2) is 7.61. The van der Waals surface area contributed by atoms with Crippen LogP contribution in [0.4, 0.5) is 0 Å². The molecule has 5 nitrogen and oxygen atoms in total. The molecule has 1 unspecified atom stereocenters. The lowest BCUT2D eigenvalue weighted by atomic mass is 10.1. The Morgan fingerprint density at radius 2 is 1.77 bits per heavy atom. The van der Waals surface area contributed by atoms with Crippen molar-refractivity contribution in [3.05, 3.63) is 54.1 Å². The number of methoxy groups -OCH3 is 2. The van der Waals surface area contributed by atoms with Gasteiger partial charge in [-0.05, 0) is 30.3 Å². The van der Waals surface area contributed by atoms with Crippen LogP contribution in [0.5, 0.6) is 11.5 Å². The van der Waals surface area contributed by atoms with Crippen LogP contribution < -0.4 is 9.47 Å². The highest BCUT2D eigenvalue weighted by atomic mass is 32.2. The smallest absolute Gasteiger partial charge is 0.161 e. The van der Waals surface area contributed by atoms with Crippen molar-refractivity contribution >= 4 is 16.5 Å². The van der Waals surface area contributed by atoms with Gasteiger partial charge in [-0.3, -0.25) is 4.21 Å². The quantitative estimate of drug-likeness (QED) is 0.505. The van der Waals surface area contributed by atoms with Crippen molar-refractivity contribution in [2.24, 2.45) is 5.16 Å². The fourth-order valence-corrected chi connectivity index (χ4v) is 3.07. The first-order valence-corrected chi connectivity index (χ1v) is 7.88. The molecule has 1 atom stereocenters. The lowest BCUT2D eigenvalue weighted by Crippen LogP contribution is -2.13. The van der Waals surface area contributed by atoms with E-state index in [0.29, 0.717) is 27.7 Å². The van der Waals surface area contributed by atoms with Crippen molar-refractivity contribution in [3.63, 3.8) is 0 Å². The van der Waals surface area contributed by atoms with Crippen LogP contribution in [-0.2, 0) is 10.8 Å². The molecule has 2 aromatic carbocycles. The van der Waals surface area contributed by atoms with E-state index in [2.05, 4.69) is 5.16 Å². The highest BCUT2D eigenvalue weighted by molar-refractivity contribution is 7.85. The Labute approximate surface area is 131 Å². The minimum absolute atomic E-state index is 0.107. The Hall–Kier alpha value is -2.34. The van der Waals surface area contributed by atoms with Crippen LogP contribution >= 0.6 is 0 Å². The van der Waals surface area contributed by atoms with Crippen LogP contribution in [0, 0.1) is 0 Å². The normalized spacial score (nSPS) is 12.7. The molecule has 0 aromatic heterocycles. The Bertz CT molecular complexity index is 686. The van der Waals surface area contributed by atoms with E-state index in [0.717, 1.165) is 0 Å². The highest BCUT2D eigenvalue weighted by Gasteiger charge is 2.14. The molecule has 2 rings (SSSR count). The van der Waals surface area contributed by atoms with Crippen molar-refractivity contribution in [2.45, 2.75) is 4.90 Å². The molecule has 0 fully saturated rings. The number of hydrogen-bond acceptors (Lipinski definition) is 5. The summed E-state index contributed by atoms with van der Waals surface area (Å²) in [4.78, 5) is 0.684. The minimum Gasteiger partial charge on any atom is -0.493 e. The van der Waals surface area contributed by atoms with Crippen molar-refractivity contribution in [2.75, 3.05) is 20.0 Å². The van der Waals surface area contributed by atoms with E-state index in [-0.39, 0.29) is 5.75 Å². The van der Waals surface area contributed by atoms with Crippen molar-refractivity contribution in [1.29, 1.82) is 0 Å². The van der Waals surface area contributed by atoms with Crippen LogP contribution in [-0.4, -0.2) is 35.1 Å². The molecule has 0 heterocycles. The van der Waals surface area contributed by atoms with Gasteiger partial charge in [-0.2, -0.15) is 0 Å². The van der Waals surface area contributed by atoms with Crippen molar-refractivity contribution in [3.8, 4) is 11.5 Å². The molecular formula is C16H17NO4S. The average molecular weight is 319 g/mol. The Kier molecular flexibility index (Phi) is 5.55. The van der Waals surface area contributed by atoms with E-state index in [4.69, 9.17) is 9.47 Å². The summed E-state index contributed by atoms with van der Waals surface area (Å²) < 4.78 is 22.7. The molecule has 22 heavy (non-hydrogen) atoms. The first kappa shape index (κ1) is 16.0. The number of rotatable bonds is 6. The highest BCUT2D eigenvalue weighted by Crippen LogP contribution is 2.28. The summed E-state index contributed by atoms with van der Waals surface area (Å²) in [6.45, 7) is 0. The molecule has 116 valence electrons. The summed E-state index contributed by atoms with van der Waals surface area (Å²) in [6.07, 6.45) is 0. The van der Waals surface area contributed by atoms with Crippen LogP contribution in [0.3, 0.4) is 0 Å². The molecule has 2 aromatic rings. The third kappa shape index (κ3) is 3.65. The molecule has 0 amide bonds. The Morgan fingerprint density at radius 1 is 1.09 bits per heavy atom. The number of oxime groups is 1. The minimum atomic E-state index is -1.29. The van der Waals surface area contributed by atoms with E-state index in [1.807, 2.05) is 18.2 Å². The van der Waals surface area contributed by atoms with Gasteiger partial charge in [0.25, 0.3) is 0 Å². The maximum atomic E-state index is 12.3. The van der Waals surface area contributed by atoms with Crippen molar-refractivity contribution < 1.29 is 18.9 Å². The topological polar surface area (TPSA) is 68.1 Å². The Morgan fingerprint density at radius 3 is 2.36 bits per heavy atom. The number of hydrogen-bond donors (Lipinski definition) is 1. The molecule has 0 aliphatic carbocycles. The van der Waals surface area contributed by atoms with Crippen molar-refractivity contribution in [1.82, 2.24) is 0 Å². The number of ether oxygens (including phenoxy) is 2. The summed E-state index contributed by atoms with van der Waals surface area (Å²) in [7, 11) is 1.78. The van der Waals surface area contributed by atoms with Crippen LogP contribution in [0.2, 0.25) is 0 Å². The summed E-state index contributed by atoms with van der Waals surface area (Å²) in [6, 6.07) is 14.2. The first-order chi connectivity index (χ1) is 10.7. The van der Waals surface area contributed by atoms with Gasteiger partial charge in [-0.25, -0.2) is 0 Å². The van der Waals surface area contributed by atoms with Gasteiger partial charge in [0.2, 0.25) is 0 Å². The monoisotopic (exact) mass is 319 g/mol. The van der Waals surface area contributed by atoms with Gasteiger partial charge < -0.3 is 14.7 Å². The molecule has 0 spiro atoms. The van der Waals surface area contributed by atoms with E-state index in [9.17, 15) is 9.42 Å². The third-order valence-corrected chi connectivity index (χ3v) is 4.44. The molecule has 0 bridgehead atoms. The summed E-state index contributed by atoms with van der Waals surface area (Å²) in [5.41, 5.74) is 0.951. The van der Waals surface area contributed by atoms with E-state index in [1.165, 1.54) is 7.11 Å². The predicted molar refractivity (Wildman–Crippen MR) is 85.6 cm³/mol. The second-order valence-corrected chi connectivity index (χ2v) is 5.87. The zero-order valence-electron chi connectivity index (χ0n) is 12.4. The maximum absolute atomic E-state index is 12.3.